The van der Waals surface area contributed by atoms with Crippen LogP contribution in [0.25, 0.3) is 21.1 Å². The average Bonchev–Trinajstić information content (AvgIpc) is 3.45. The third kappa shape index (κ3) is 7.33. The lowest BCUT2D eigenvalue weighted by Crippen LogP contribution is -2.44. The minimum Gasteiger partial charge on any atom is -0.495 e. The van der Waals surface area contributed by atoms with Gasteiger partial charge in [0.05, 0.1) is 42.2 Å². The molecule has 234 valence electrons. The van der Waals surface area contributed by atoms with Crippen LogP contribution in [0.4, 0.5) is 27.1 Å². The zero-order chi connectivity index (χ0) is 31.2. The van der Waals surface area contributed by atoms with Crippen molar-refractivity contribution in [2.45, 2.75) is 6.42 Å². The van der Waals surface area contributed by atoms with E-state index in [1.54, 1.807) is 26.4 Å². The molecule has 45 heavy (non-hydrogen) atoms. The van der Waals surface area contributed by atoms with E-state index in [0.717, 1.165) is 66.0 Å². The van der Waals surface area contributed by atoms with Gasteiger partial charge in [-0.1, -0.05) is 23.5 Å². The summed E-state index contributed by atoms with van der Waals surface area (Å²) in [7, 11) is 5.36. The number of hydrogen-bond acceptors (Lipinski definition) is 11. The van der Waals surface area contributed by atoms with Gasteiger partial charge in [-0.2, -0.15) is 0 Å². The number of rotatable bonds is 11. The molecule has 5 aromatic rings. The molecule has 2 amide bonds. The number of urea groups is 1. The Labute approximate surface area is 265 Å². The predicted octanol–water partition coefficient (Wildman–Crippen LogP) is 5.66. The molecule has 0 atom stereocenters. The van der Waals surface area contributed by atoms with Crippen molar-refractivity contribution >= 4 is 60.8 Å². The summed E-state index contributed by atoms with van der Waals surface area (Å²) in [5, 5.41) is 10.3. The van der Waals surface area contributed by atoms with E-state index in [1.807, 2.05) is 42.5 Å². The summed E-state index contributed by atoms with van der Waals surface area (Å²) in [5.41, 5.74) is 2.90. The van der Waals surface area contributed by atoms with Gasteiger partial charge in [0.1, 0.15) is 17.9 Å². The number of nitrogens with one attached hydrogen (secondary N) is 3. The van der Waals surface area contributed by atoms with Gasteiger partial charge in [-0.3, -0.25) is 5.32 Å². The number of fused-ring (bicyclic) bond motifs is 2. The van der Waals surface area contributed by atoms with Crippen molar-refractivity contribution in [1.29, 1.82) is 0 Å². The first-order valence-electron chi connectivity index (χ1n) is 14.7. The number of benzene rings is 3. The van der Waals surface area contributed by atoms with E-state index in [4.69, 9.17) is 14.2 Å². The molecular formula is C32H36N8O4S. The zero-order valence-electron chi connectivity index (χ0n) is 25.5. The van der Waals surface area contributed by atoms with Gasteiger partial charge in [0.2, 0.25) is 0 Å². The summed E-state index contributed by atoms with van der Waals surface area (Å²) in [4.78, 5) is 31.0. The highest BCUT2D eigenvalue weighted by atomic mass is 32.1. The molecule has 1 fully saturated rings. The van der Waals surface area contributed by atoms with E-state index >= 15 is 0 Å². The second-order valence-electron chi connectivity index (χ2n) is 10.7. The van der Waals surface area contributed by atoms with Crippen molar-refractivity contribution in [3.05, 3.63) is 60.9 Å². The standard InChI is InChI=1S/C32H36N8O4S/c1-39-12-14-40(15-13-39)11-6-16-44-28-19-25-22(18-27(28)43-3)30(34-20-33-25)35-21-9-10-24-29(17-21)45-32(37-24)38-31(41)36-23-7-4-5-8-26(23)42-2/h4-5,7-10,17-20H,6,11-16H2,1-3H3,(H,33,34,35)(H2,36,37,38,41). The number of anilines is 4. The van der Waals surface area contributed by atoms with Crippen LogP contribution in [-0.4, -0.2) is 91.4 Å². The number of piperazine rings is 1. The Kier molecular flexibility index (Phi) is 9.38. The van der Waals surface area contributed by atoms with Crippen LogP contribution in [0.5, 0.6) is 17.2 Å². The Morgan fingerprint density at radius 3 is 2.56 bits per heavy atom. The molecule has 3 N–H and O–H groups in total. The molecule has 3 aromatic carbocycles. The molecule has 13 heteroatoms. The normalized spacial score (nSPS) is 13.9. The third-order valence-electron chi connectivity index (χ3n) is 7.62. The summed E-state index contributed by atoms with van der Waals surface area (Å²) in [6.07, 6.45) is 2.47. The quantitative estimate of drug-likeness (QED) is 0.158. The van der Waals surface area contributed by atoms with Crippen LogP contribution < -0.4 is 30.2 Å². The second kappa shape index (κ2) is 13.9. The SMILES string of the molecule is COc1ccccc1NC(=O)Nc1nc2ccc(Nc3ncnc4cc(OCCCN5CCN(C)CC5)c(OC)cc34)cc2s1. The van der Waals surface area contributed by atoms with Crippen LogP contribution in [-0.2, 0) is 0 Å². The summed E-state index contributed by atoms with van der Waals surface area (Å²) >= 11 is 1.37. The van der Waals surface area contributed by atoms with Crippen molar-refractivity contribution in [2.75, 3.05) is 76.5 Å². The fraction of sp³-hybridized carbons (Fsp3) is 0.312. The van der Waals surface area contributed by atoms with Crippen LogP contribution in [0, 0.1) is 0 Å². The molecule has 1 aliphatic rings. The molecule has 12 nitrogen and oxygen atoms in total. The van der Waals surface area contributed by atoms with Crippen LogP contribution >= 0.6 is 11.3 Å². The largest absolute Gasteiger partial charge is 0.495 e. The number of methoxy groups -OCH3 is 2. The lowest BCUT2D eigenvalue weighted by Gasteiger charge is -2.32. The van der Waals surface area contributed by atoms with Crippen molar-refractivity contribution in [2.24, 2.45) is 0 Å². The fourth-order valence-electron chi connectivity index (χ4n) is 5.17. The summed E-state index contributed by atoms with van der Waals surface area (Å²) in [5.74, 6) is 2.50. The number of amides is 2. The van der Waals surface area contributed by atoms with Gasteiger partial charge in [0.25, 0.3) is 0 Å². The van der Waals surface area contributed by atoms with Crippen molar-refractivity contribution in [3.8, 4) is 17.2 Å². The first-order valence-corrected chi connectivity index (χ1v) is 15.6. The molecule has 0 aliphatic carbocycles. The third-order valence-corrected chi connectivity index (χ3v) is 8.55. The Balaban J connectivity index is 1.12. The van der Waals surface area contributed by atoms with Crippen LogP contribution in [0.2, 0.25) is 0 Å². The highest BCUT2D eigenvalue weighted by molar-refractivity contribution is 7.22. The van der Waals surface area contributed by atoms with Gasteiger partial charge in [-0.25, -0.2) is 19.7 Å². The van der Waals surface area contributed by atoms with Gasteiger partial charge < -0.3 is 34.6 Å². The molecule has 1 aliphatic heterocycles. The number of hydrogen-bond donors (Lipinski definition) is 3. The van der Waals surface area contributed by atoms with Crippen molar-refractivity contribution < 1.29 is 19.0 Å². The van der Waals surface area contributed by atoms with E-state index in [1.165, 1.54) is 17.7 Å². The Hall–Kier alpha value is -4.72. The maximum absolute atomic E-state index is 12.6. The number of para-hydroxylation sites is 2. The number of carbonyl (C=O) groups is 1. The summed E-state index contributed by atoms with van der Waals surface area (Å²) < 4.78 is 18.0. The number of ether oxygens (including phenoxy) is 3. The smallest absolute Gasteiger partial charge is 0.325 e. The van der Waals surface area contributed by atoms with Crippen LogP contribution in [0.1, 0.15) is 6.42 Å². The maximum Gasteiger partial charge on any atom is 0.325 e. The Morgan fingerprint density at radius 1 is 0.911 bits per heavy atom. The van der Waals surface area contributed by atoms with Gasteiger partial charge in [0, 0.05) is 49.9 Å². The summed E-state index contributed by atoms with van der Waals surface area (Å²) in [6.45, 7) is 6.01. The van der Waals surface area contributed by atoms with E-state index in [9.17, 15) is 4.79 Å². The zero-order valence-corrected chi connectivity index (χ0v) is 26.3. The number of nitrogens with zero attached hydrogens (tertiary/aromatic N) is 5. The Bertz CT molecular complexity index is 1790. The molecule has 0 radical (unpaired) electrons. The lowest BCUT2D eigenvalue weighted by molar-refractivity contribution is 0.145. The molecule has 0 bridgehead atoms. The van der Waals surface area contributed by atoms with E-state index in [2.05, 4.69) is 47.7 Å². The predicted molar refractivity (Wildman–Crippen MR) is 179 cm³/mol. The highest BCUT2D eigenvalue weighted by Crippen LogP contribution is 2.36. The fourth-order valence-corrected chi connectivity index (χ4v) is 6.07. The minimum atomic E-state index is -0.406. The number of aromatic nitrogens is 3. The molecule has 6 rings (SSSR count). The van der Waals surface area contributed by atoms with Gasteiger partial charge in [-0.15, -0.1) is 0 Å². The van der Waals surface area contributed by atoms with Crippen LogP contribution in [0.15, 0.2) is 60.9 Å². The molecule has 3 heterocycles. The Morgan fingerprint density at radius 2 is 1.73 bits per heavy atom. The van der Waals surface area contributed by atoms with Gasteiger partial charge in [-0.05, 0) is 49.9 Å². The molecule has 0 spiro atoms. The maximum atomic E-state index is 12.6. The average molecular weight is 629 g/mol. The summed E-state index contributed by atoms with van der Waals surface area (Å²) in [6, 6.07) is 16.4. The van der Waals surface area contributed by atoms with Gasteiger partial charge >= 0.3 is 6.03 Å². The van der Waals surface area contributed by atoms with Crippen LogP contribution in [0.3, 0.4) is 0 Å². The first-order chi connectivity index (χ1) is 22.0. The minimum absolute atomic E-state index is 0.406. The van der Waals surface area contributed by atoms with E-state index in [-0.39, 0.29) is 0 Å². The molecule has 0 saturated carbocycles. The molecule has 2 aromatic heterocycles. The molecular weight excluding hydrogens is 592 g/mol. The van der Waals surface area contributed by atoms with E-state index < -0.39 is 6.03 Å². The molecule has 1 saturated heterocycles. The molecule has 0 unspecified atom stereocenters. The van der Waals surface area contributed by atoms with Gasteiger partial charge in [0.15, 0.2) is 16.6 Å². The number of thiazole rings is 1. The van der Waals surface area contributed by atoms with Crippen molar-refractivity contribution in [3.63, 3.8) is 0 Å². The lowest BCUT2D eigenvalue weighted by atomic mass is 10.2. The first kappa shape index (κ1) is 30.3. The monoisotopic (exact) mass is 628 g/mol. The topological polar surface area (TPSA) is 126 Å². The highest BCUT2D eigenvalue weighted by Gasteiger charge is 2.16. The van der Waals surface area contributed by atoms with E-state index in [0.29, 0.717) is 40.5 Å². The van der Waals surface area contributed by atoms with Crippen molar-refractivity contribution in [1.82, 2.24) is 24.8 Å². The number of likely N-dealkylation sites (N-methyl/N-ethyl adjacent to an activating group) is 1. The second-order valence-corrected chi connectivity index (χ2v) is 11.7. The number of carbonyl (C=O) groups excluding carboxylic acids is 1.